The first-order chi connectivity index (χ1) is 10.7. The number of rotatable bonds is 9. The molecule has 0 bridgehead atoms. The highest BCUT2D eigenvalue weighted by atomic mass is 15.2. The monoisotopic (exact) mass is 300 g/mol. The maximum atomic E-state index is 4.31. The number of H-pyrrole nitrogens is 1. The minimum Gasteiger partial charge on any atom is -0.367 e. The van der Waals surface area contributed by atoms with E-state index in [-0.39, 0.29) is 0 Å². The average molecular weight is 300 g/mol. The molecule has 1 unspecified atom stereocenters. The van der Waals surface area contributed by atoms with E-state index >= 15 is 0 Å². The highest BCUT2D eigenvalue weighted by molar-refractivity contribution is 5.81. The van der Waals surface area contributed by atoms with Gasteiger partial charge < -0.3 is 10.3 Å². The van der Waals surface area contributed by atoms with E-state index in [1.165, 1.54) is 6.33 Å². The van der Waals surface area contributed by atoms with Crippen LogP contribution in [0.3, 0.4) is 0 Å². The number of aromatic nitrogens is 4. The third-order valence-corrected chi connectivity index (χ3v) is 3.67. The van der Waals surface area contributed by atoms with Crippen LogP contribution in [0.5, 0.6) is 0 Å². The zero-order valence-electron chi connectivity index (χ0n) is 13.3. The summed E-state index contributed by atoms with van der Waals surface area (Å²) < 4.78 is 0. The fraction of sp³-hybridized carbons (Fsp3) is 0.438. The summed E-state index contributed by atoms with van der Waals surface area (Å²) in [7, 11) is 0. The minimum atomic E-state index is 0.351. The highest BCUT2D eigenvalue weighted by Crippen LogP contribution is 2.17. The Kier molecular flexibility index (Phi) is 5.66. The number of nitrogens with one attached hydrogen (secondary N) is 2. The summed E-state index contributed by atoms with van der Waals surface area (Å²) in [6.45, 7) is 14.6. The lowest BCUT2D eigenvalue weighted by atomic mass is 10.0. The van der Waals surface area contributed by atoms with E-state index in [4.69, 9.17) is 0 Å². The molecule has 2 aromatic rings. The lowest BCUT2D eigenvalue weighted by molar-refractivity contribution is 0.199. The molecule has 6 heteroatoms. The van der Waals surface area contributed by atoms with Crippen LogP contribution >= 0.6 is 0 Å². The first-order valence-electron chi connectivity index (χ1n) is 7.51. The SMILES string of the molecule is C=CCN(CC=C)C(CNc1ncnc2nc[nH]c12)C(C)C. The van der Waals surface area contributed by atoms with Gasteiger partial charge in [-0.15, -0.1) is 13.2 Å². The van der Waals surface area contributed by atoms with Crippen LogP contribution in [0, 0.1) is 5.92 Å². The maximum absolute atomic E-state index is 4.31. The topological polar surface area (TPSA) is 69.7 Å². The van der Waals surface area contributed by atoms with Gasteiger partial charge in [-0.1, -0.05) is 26.0 Å². The molecule has 0 aliphatic carbocycles. The zero-order valence-corrected chi connectivity index (χ0v) is 13.3. The Morgan fingerprint density at radius 1 is 1.23 bits per heavy atom. The van der Waals surface area contributed by atoms with Crippen LogP contribution in [0.2, 0.25) is 0 Å². The summed E-state index contributed by atoms with van der Waals surface area (Å²) in [5.74, 6) is 1.27. The normalized spacial score (nSPS) is 12.7. The molecule has 118 valence electrons. The predicted octanol–water partition coefficient (Wildman–Crippen LogP) is 2.46. The number of hydrogen-bond acceptors (Lipinski definition) is 5. The van der Waals surface area contributed by atoms with E-state index in [0.29, 0.717) is 17.6 Å². The number of imidazole rings is 1. The van der Waals surface area contributed by atoms with E-state index in [1.807, 2.05) is 12.2 Å². The molecule has 2 rings (SSSR count). The van der Waals surface area contributed by atoms with Crippen LogP contribution in [0.4, 0.5) is 5.82 Å². The Balaban J connectivity index is 2.12. The fourth-order valence-electron chi connectivity index (χ4n) is 2.56. The molecule has 0 aliphatic rings. The lowest BCUT2D eigenvalue weighted by Crippen LogP contribution is -2.44. The van der Waals surface area contributed by atoms with Gasteiger partial charge in [0.05, 0.1) is 6.33 Å². The molecule has 22 heavy (non-hydrogen) atoms. The zero-order chi connectivity index (χ0) is 15.9. The first-order valence-corrected chi connectivity index (χ1v) is 7.51. The van der Waals surface area contributed by atoms with Gasteiger partial charge in [-0.3, -0.25) is 4.90 Å². The summed E-state index contributed by atoms with van der Waals surface area (Å²) in [4.78, 5) is 18.0. The van der Waals surface area contributed by atoms with E-state index in [1.54, 1.807) is 6.33 Å². The molecule has 6 nitrogen and oxygen atoms in total. The Hall–Kier alpha value is -2.21. The van der Waals surface area contributed by atoms with Gasteiger partial charge in [0.15, 0.2) is 11.5 Å². The van der Waals surface area contributed by atoms with E-state index < -0.39 is 0 Å². The van der Waals surface area contributed by atoms with Gasteiger partial charge >= 0.3 is 0 Å². The smallest absolute Gasteiger partial charge is 0.182 e. The molecule has 0 aromatic carbocycles. The Bertz CT molecular complexity index is 608. The van der Waals surface area contributed by atoms with Crippen molar-refractivity contribution >= 4 is 17.0 Å². The van der Waals surface area contributed by atoms with Gasteiger partial charge in [-0.2, -0.15) is 0 Å². The second-order valence-electron chi connectivity index (χ2n) is 5.55. The first kappa shape index (κ1) is 16.2. The van der Waals surface area contributed by atoms with Gasteiger partial charge in [-0.25, -0.2) is 15.0 Å². The van der Waals surface area contributed by atoms with Crippen molar-refractivity contribution in [2.45, 2.75) is 19.9 Å². The third kappa shape index (κ3) is 3.71. The van der Waals surface area contributed by atoms with Gasteiger partial charge in [-0.05, 0) is 5.92 Å². The van der Waals surface area contributed by atoms with Crippen molar-refractivity contribution in [3.05, 3.63) is 38.0 Å². The number of nitrogens with zero attached hydrogens (tertiary/aromatic N) is 4. The number of fused-ring (bicyclic) bond motifs is 1. The quantitative estimate of drug-likeness (QED) is 0.696. The predicted molar refractivity (Wildman–Crippen MR) is 90.8 cm³/mol. The van der Waals surface area contributed by atoms with Gasteiger partial charge in [0.2, 0.25) is 0 Å². The summed E-state index contributed by atoms with van der Waals surface area (Å²) in [5, 5.41) is 3.42. The maximum Gasteiger partial charge on any atom is 0.182 e. The van der Waals surface area contributed by atoms with Crippen LogP contribution in [-0.2, 0) is 0 Å². The molecule has 2 heterocycles. The van der Waals surface area contributed by atoms with Crippen molar-refractivity contribution in [3.8, 4) is 0 Å². The fourth-order valence-corrected chi connectivity index (χ4v) is 2.56. The van der Waals surface area contributed by atoms with Crippen molar-refractivity contribution in [2.24, 2.45) is 5.92 Å². The lowest BCUT2D eigenvalue weighted by Gasteiger charge is -2.33. The molecule has 0 fully saturated rings. The van der Waals surface area contributed by atoms with Gasteiger partial charge in [0, 0.05) is 25.7 Å². The molecule has 2 N–H and O–H groups in total. The summed E-state index contributed by atoms with van der Waals surface area (Å²) in [6, 6.07) is 0.351. The van der Waals surface area contributed by atoms with Crippen LogP contribution < -0.4 is 5.32 Å². The molecular formula is C16H24N6. The largest absolute Gasteiger partial charge is 0.367 e. The average Bonchev–Trinajstić information content (AvgIpc) is 2.96. The molecule has 1 atom stereocenters. The molecule has 2 aromatic heterocycles. The molecule has 0 amide bonds. The van der Waals surface area contributed by atoms with Crippen molar-refractivity contribution in [1.29, 1.82) is 0 Å². The second-order valence-corrected chi connectivity index (χ2v) is 5.55. The number of hydrogen-bond donors (Lipinski definition) is 2. The molecule has 0 aliphatic heterocycles. The summed E-state index contributed by atoms with van der Waals surface area (Å²) in [6.07, 6.45) is 7.01. The highest BCUT2D eigenvalue weighted by Gasteiger charge is 2.20. The molecule has 0 saturated heterocycles. The van der Waals surface area contributed by atoms with Crippen molar-refractivity contribution in [1.82, 2.24) is 24.8 Å². The second kappa shape index (κ2) is 7.70. The van der Waals surface area contributed by atoms with Crippen LogP contribution in [-0.4, -0.2) is 50.5 Å². The standard InChI is InChI=1S/C16H24N6/c1-5-7-22(8-6-2)13(12(3)4)9-17-15-14-16(19-10-18-14)21-11-20-15/h5-6,10-13H,1-2,7-9H2,3-4H3,(H2,17,18,19,20,21). The third-order valence-electron chi connectivity index (χ3n) is 3.67. The minimum absolute atomic E-state index is 0.351. The van der Waals surface area contributed by atoms with Crippen LogP contribution in [0.1, 0.15) is 13.8 Å². The molecule has 0 spiro atoms. The van der Waals surface area contributed by atoms with Crippen molar-refractivity contribution in [3.63, 3.8) is 0 Å². The van der Waals surface area contributed by atoms with E-state index in [9.17, 15) is 0 Å². The van der Waals surface area contributed by atoms with Gasteiger partial charge in [0.1, 0.15) is 11.8 Å². The number of anilines is 1. The van der Waals surface area contributed by atoms with E-state index in [0.717, 1.165) is 31.0 Å². The molecular weight excluding hydrogens is 276 g/mol. The molecule has 0 saturated carbocycles. The number of aromatic amines is 1. The summed E-state index contributed by atoms with van der Waals surface area (Å²) >= 11 is 0. The molecule has 0 radical (unpaired) electrons. The van der Waals surface area contributed by atoms with Crippen LogP contribution in [0.25, 0.3) is 11.2 Å². The van der Waals surface area contributed by atoms with Crippen molar-refractivity contribution in [2.75, 3.05) is 25.0 Å². The summed E-state index contributed by atoms with van der Waals surface area (Å²) in [5.41, 5.74) is 1.51. The van der Waals surface area contributed by atoms with E-state index in [2.05, 4.69) is 57.2 Å². The Morgan fingerprint density at radius 2 is 1.95 bits per heavy atom. The van der Waals surface area contributed by atoms with Crippen molar-refractivity contribution < 1.29 is 0 Å². The Morgan fingerprint density at radius 3 is 2.59 bits per heavy atom. The van der Waals surface area contributed by atoms with Crippen LogP contribution in [0.15, 0.2) is 38.0 Å². The van der Waals surface area contributed by atoms with Gasteiger partial charge in [0.25, 0.3) is 0 Å². The Labute approximate surface area is 131 Å².